The molecule has 1 saturated heterocycles. The maximum atomic E-state index is 14.2. The van der Waals surface area contributed by atoms with Crippen LogP contribution in [0.4, 0.5) is 4.39 Å². The molecule has 1 fully saturated rings. The summed E-state index contributed by atoms with van der Waals surface area (Å²) in [7, 11) is 0. The summed E-state index contributed by atoms with van der Waals surface area (Å²) >= 11 is 0. The van der Waals surface area contributed by atoms with E-state index in [-0.39, 0.29) is 24.4 Å². The SMILES string of the molecule is CCCCCOc1ccc(C(=O)N(Cc2ccccc2F)CC2CCCO2)cc1. The second-order valence-electron chi connectivity index (χ2n) is 7.49. The van der Waals surface area contributed by atoms with Gasteiger partial charge in [-0.1, -0.05) is 38.0 Å². The van der Waals surface area contributed by atoms with Crippen LogP contribution < -0.4 is 4.74 Å². The summed E-state index contributed by atoms with van der Waals surface area (Å²) in [6.07, 6.45) is 5.24. The normalized spacial score (nSPS) is 16.0. The van der Waals surface area contributed by atoms with Gasteiger partial charge in [-0.2, -0.15) is 0 Å². The minimum Gasteiger partial charge on any atom is -0.494 e. The molecule has 2 aromatic rings. The molecule has 0 aliphatic carbocycles. The predicted molar refractivity (Wildman–Crippen MR) is 112 cm³/mol. The number of hydrogen-bond acceptors (Lipinski definition) is 3. The van der Waals surface area contributed by atoms with Gasteiger partial charge in [0.2, 0.25) is 0 Å². The minimum atomic E-state index is -0.298. The summed E-state index contributed by atoms with van der Waals surface area (Å²) < 4.78 is 25.6. The zero-order valence-corrected chi connectivity index (χ0v) is 17.1. The van der Waals surface area contributed by atoms with Crippen LogP contribution in [0.3, 0.4) is 0 Å². The Bertz CT molecular complexity index is 772. The van der Waals surface area contributed by atoms with Gasteiger partial charge in [0.25, 0.3) is 5.91 Å². The third-order valence-electron chi connectivity index (χ3n) is 5.17. The van der Waals surface area contributed by atoms with Gasteiger partial charge in [0.05, 0.1) is 12.7 Å². The van der Waals surface area contributed by atoms with E-state index in [0.717, 1.165) is 44.5 Å². The highest BCUT2D eigenvalue weighted by Gasteiger charge is 2.24. The molecule has 1 atom stereocenters. The van der Waals surface area contributed by atoms with E-state index in [1.807, 2.05) is 12.1 Å². The van der Waals surface area contributed by atoms with Crippen LogP contribution in [0.15, 0.2) is 48.5 Å². The Morgan fingerprint density at radius 2 is 1.97 bits per heavy atom. The number of rotatable bonds is 10. The first-order chi connectivity index (χ1) is 14.2. The Balaban J connectivity index is 1.68. The van der Waals surface area contributed by atoms with Crippen molar-refractivity contribution in [3.63, 3.8) is 0 Å². The molecular formula is C24H30FNO3. The summed E-state index contributed by atoms with van der Waals surface area (Å²) in [5, 5.41) is 0. The molecule has 156 valence electrons. The monoisotopic (exact) mass is 399 g/mol. The Morgan fingerprint density at radius 3 is 2.66 bits per heavy atom. The zero-order chi connectivity index (χ0) is 20.5. The van der Waals surface area contributed by atoms with Crippen LogP contribution in [0.2, 0.25) is 0 Å². The number of carbonyl (C=O) groups is 1. The van der Waals surface area contributed by atoms with Crippen molar-refractivity contribution >= 4 is 5.91 Å². The lowest BCUT2D eigenvalue weighted by Crippen LogP contribution is -2.37. The van der Waals surface area contributed by atoms with Crippen LogP contribution in [-0.2, 0) is 11.3 Å². The molecule has 2 aromatic carbocycles. The minimum absolute atomic E-state index is 0.00638. The number of hydrogen-bond donors (Lipinski definition) is 0. The standard InChI is InChI=1S/C24H30FNO3/c1-2-3-6-15-28-21-13-11-19(12-14-21)24(27)26(18-22-9-7-16-29-22)17-20-8-4-5-10-23(20)25/h4-5,8,10-14,22H,2-3,6-7,9,15-18H2,1H3. The molecule has 1 heterocycles. The summed E-state index contributed by atoms with van der Waals surface area (Å²) in [6.45, 7) is 4.24. The van der Waals surface area contributed by atoms with E-state index < -0.39 is 0 Å². The van der Waals surface area contributed by atoms with Crippen LogP contribution in [0.5, 0.6) is 5.75 Å². The highest BCUT2D eigenvalue weighted by Crippen LogP contribution is 2.20. The lowest BCUT2D eigenvalue weighted by molar-refractivity contribution is 0.0505. The molecule has 0 radical (unpaired) electrons. The first-order valence-electron chi connectivity index (χ1n) is 10.5. The molecule has 0 bridgehead atoms. The molecular weight excluding hydrogens is 369 g/mol. The summed E-state index contributed by atoms with van der Waals surface area (Å²) in [6, 6.07) is 13.8. The second-order valence-corrected chi connectivity index (χ2v) is 7.49. The van der Waals surface area contributed by atoms with Gasteiger partial charge in [0, 0.05) is 30.8 Å². The average Bonchev–Trinajstić information content (AvgIpc) is 3.25. The van der Waals surface area contributed by atoms with E-state index in [1.54, 1.807) is 35.2 Å². The molecule has 3 rings (SSSR count). The van der Waals surface area contributed by atoms with Gasteiger partial charge >= 0.3 is 0 Å². The summed E-state index contributed by atoms with van der Waals surface area (Å²) in [5.74, 6) is 0.340. The fraction of sp³-hybridized carbons (Fsp3) is 0.458. The van der Waals surface area contributed by atoms with Gasteiger partial charge in [-0.3, -0.25) is 4.79 Å². The van der Waals surface area contributed by atoms with Crippen molar-refractivity contribution in [1.82, 2.24) is 4.90 Å². The molecule has 1 aliphatic heterocycles. The molecule has 29 heavy (non-hydrogen) atoms. The molecule has 0 N–H and O–H groups in total. The van der Waals surface area contributed by atoms with Crippen LogP contribution >= 0.6 is 0 Å². The fourth-order valence-corrected chi connectivity index (χ4v) is 3.50. The lowest BCUT2D eigenvalue weighted by Gasteiger charge is -2.26. The Hall–Kier alpha value is -2.40. The number of halogens is 1. The zero-order valence-electron chi connectivity index (χ0n) is 17.1. The van der Waals surface area contributed by atoms with E-state index in [4.69, 9.17) is 9.47 Å². The van der Waals surface area contributed by atoms with Crippen LogP contribution in [0.1, 0.15) is 54.9 Å². The topological polar surface area (TPSA) is 38.8 Å². The third-order valence-corrected chi connectivity index (χ3v) is 5.17. The second kappa shape index (κ2) is 11.0. The highest BCUT2D eigenvalue weighted by molar-refractivity contribution is 5.94. The summed E-state index contributed by atoms with van der Waals surface area (Å²) in [5.41, 5.74) is 1.08. The number of benzene rings is 2. The first-order valence-corrected chi connectivity index (χ1v) is 10.5. The van der Waals surface area contributed by atoms with Crippen LogP contribution in [0.25, 0.3) is 0 Å². The maximum Gasteiger partial charge on any atom is 0.254 e. The van der Waals surface area contributed by atoms with Crippen molar-refractivity contribution in [1.29, 1.82) is 0 Å². The quantitative estimate of drug-likeness (QED) is 0.515. The van der Waals surface area contributed by atoms with Gasteiger partial charge < -0.3 is 14.4 Å². The lowest BCUT2D eigenvalue weighted by atomic mass is 10.1. The van der Waals surface area contributed by atoms with E-state index in [2.05, 4.69) is 6.92 Å². The molecule has 0 aromatic heterocycles. The Labute approximate surface area is 172 Å². The Morgan fingerprint density at radius 1 is 1.17 bits per heavy atom. The van der Waals surface area contributed by atoms with E-state index in [9.17, 15) is 9.18 Å². The average molecular weight is 400 g/mol. The predicted octanol–water partition coefficient (Wildman–Crippen LogP) is 5.22. The first kappa shape index (κ1) is 21.3. The fourth-order valence-electron chi connectivity index (χ4n) is 3.50. The molecule has 4 nitrogen and oxygen atoms in total. The van der Waals surface area contributed by atoms with Gasteiger partial charge in [0.15, 0.2) is 0 Å². The van der Waals surface area contributed by atoms with Crippen molar-refractivity contribution in [3.8, 4) is 5.75 Å². The molecule has 0 spiro atoms. The molecule has 1 aliphatic rings. The smallest absolute Gasteiger partial charge is 0.254 e. The highest BCUT2D eigenvalue weighted by atomic mass is 19.1. The number of ether oxygens (including phenoxy) is 2. The van der Waals surface area contributed by atoms with Crippen molar-refractivity contribution in [3.05, 3.63) is 65.5 Å². The maximum absolute atomic E-state index is 14.2. The van der Waals surface area contributed by atoms with Crippen molar-refractivity contribution < 1.29 is 18.7 Å². The van der Waals surface area contributed by atoms with Crippen molar-refractivity contribution in [2.45, 2.75) is 51.7 Å². The van der Waals surface area contributed by atoms with E-state index in [1.165, 1.54) is 6.07 Å². The van der Waals surface area contributed by atoms with Crippen molar-refractivity contribution in [2.75, 3.05) is 19.8 Å². The van der Waals surface area contributed by atoms with E-state index >= 15 is 0 Å². The van der Waals surface area contributed by atoms with Gasteiger partial charge in [0.1, 0.15) is 11.6 Å². The Kier molecular flexibility index (Phi) is 8.05. The van der Waals surface area contributed by atoms with E-state index in [0.29, 0.717) is 24.3 Å². The van der Waals surface area contributed by atoms with Crippen molar-refractivity contribution in [2.24, 2.45) is 0 Å². The largest absolute Gasteiger partial charge is 0.494 e. The van der Waals surface area contributed by atoms with Crippen LogP contribution in [0, 0.1) is 5.82 Å². The molecule has 5 heteroatoms. The molecule has 1 unspecified atom stereocenters. The molecule has 1 amide bonds. The number of nitrogens with zero attached hydrogens (tertiary/aromatic N) is 1. The van der Waals surface area contributed by atoms with Gasteiger partial charge in [-0.05, 0) is 49.6 Å². The number of unbranched alkanes of at least 4 members (excludes halogenated alkanes) is 2. The number of amides is 1. The van der Waals surface area contributed by atoms with Gasteiger partial charge in [-0.25, -0.2) is 4.39 Å². The van der Waals surface area contributed by atoms with Gasteiger partial charge in [-0.15, -0.1) is 0 Å². The number of carbonyl (C=O) groups excluding carboxylic acids is 1. The third kappa shape index (κ3) is 6.29. The summed E-state index contributed by atoms with van der Waals surface area (Å²) in [4.78, 5) is 14.9. The molecule has 0 saturated carbocycles. The van der Waals surface area contributed by atoms with Crippen LogP contribution in [-0.4, -0.2) is 36.7 Å².